The number of likely N-dealkylation sites (N-methyl/N-ethyl adjacent to an activating group) is 1. The topological polar surface area (TPSA) is 36.4 Å². The van der Waals surface area contributed by atoms with Crippen LogP contribution in [-0.4, -0.2) is 43.1 Å². The molecule has 2 aliphatic heterocycles. The monoisotopic (exact) mass is 311 g/mol. The van der Waals surface area contributed by atoms with Crippen molar-refractivity contribution >= 4 is 27.2 Å². The van der Waals surface area contributed by atoms with Gasteiger partial charge in [-0.15, -0.1) is 11.3 Å². The van der Waals surface area contributed by atoms with E-state index in [2.05, 4.69) is 40.0 Å². The zero-order valence-corrected chi connectivity index (χ0v) is 13.3. The van der Waals surface area contributed by atoms with Crippen LogP contribution in [0.4, 0.5) is 5.69 Å². The van der Waals surface area contributed by atoms with Gasteiger partial charge < -0.3 is 9.80 Å². The predicted molar refractivity (Wildman–Crippen MR) is 92.2 cm³/mol. The number of fused-ring (bicyclic) bond motifs is 2. The van der Waals surface area contributed by atoms with E-state index in [1.807, 2.05) is 6.07 Å². The first-order chi connectivity index (χ1) is 10.7. The van der Waals surface area contributed by atoms with E-state index in [0.717, 1.165) is 47.0 Å². The average molecular weight is 311 g/mol. The van der Waals surface area contributed by atoms with Crippen LogP contribution in [0.3, 0.4) is 0 Å². The van der Waals surface area contributed by atoms with Gasteiger partial charge in [0.15, 0.2) is 5.43 Å². The van der Waals surface area contributed by atoms with Crippen molar-refractivity contribution in [2.75, 3.05) is 38.1 Å². The van der Waals surface area contributed by atoms with Gasteiger partial charge in [-0.05, 0) is 37.4 Å². The molecule has 4 rings (SSSR count). The Morgan fingerprint density at radius 1 is 1.05 bits per heavy atom. The summed E-state index contributed by atoms with van der Waals surface area (Å²) in [4.78, 5) is 21.9. The minimum Gasteiger partial charge on any atom is -0.369 e. The number of hydrogen-bond donors (Lipinski definition) is 0. The van der Waals surface area contributed by atoms with Crippen molar-refractivity contribution in [3.05, 3.63) is 46.6 Å². The van der Waals surface area contributed by atoms with Crippen molar-refractivity contribution in [3.63, 3.8) is 0 Å². The van der Waals surface area contributed by atoms with Crippen LogP contribution >= 0.6 is 11.3 Å². The number of rotatable bonds is 1. The van der Waals surface area contributed by atoms with E-state index in [1.54, 1.807) is 23.5 Å². The van der Waals surface area contributed by atoms with Gasteiger partial charge in [0.1, 0.15) is 0 Å². The lowest BCUT2D eigenvalue weighted by molar-refractivity contribution is 0.313. The first-order valence-corrected chi connectivity index (χ1v) is 8.29. The fourth-order valence-electron chi connectivity index (χ4n) is 2.86. The van der Waals surface area contributed by atoms with Crippen LogP contribution in [0.25, 0.3) is 20.8 Å². The molecule has 1 aromatic rings. The highest BCUT2D eigenvalue weighted by Gasteiger charge is 2.15. The zero-order valence-electron chi connectivity index (χ0n) is 12.5. The first-order valence-electron chi connectivity index (χ1n) is 7.47. The van der Waals surface area contributed by atoms with E-state index in [1.165, 1.54) is 5.69 Å². The van der Waals surface area contributed by atoms with Crippen molar-refractivity contribution in [2.45, 2.75) is 0 Å². The van der Waals surface area contributed by atoms with Gasteiger partial charge in [-0.1, -0.05) is 0 Å². The molecule has 0 saturated carbocycles. The highest BCUT2D eigenvalue weighted by molar-refractivity contribution is 7.21. The Labute approximate surface area is 133 Å². The van der Waals surface area contributed by atoms with Gasteiger partial charge in [0.05, 0.1) is 20.8 Å². The van der Waals surface area contributed by atoms with Gasteiger partial charge in [0, 0.05) is 37.9 Å². The maximum Gasteiger partial charge on any atom is 0.180 e. The Balaban J connectivity index is 1.78. The van der Waals surface area contributed by atoms with Crippen molar-refractivity contribution in [1.82, 2.24) is 9.88 Å². The van der Waals surface area contributed by atoms with E-state index in [0.29, 0.717) is 0 Å². The van der Waals surface area contributed by atoms with Crippen LogP contribution in [-0.2, 0) is 0 Å². The molecule has 112 valence electrons. The third-order valence-electron chi connectivity index (χ3n) is 4.20. The van der Waals surface area contributed by atoms with Crippen molar-refractivity contribution in [2.24, 2.45) is 0 Å². The Morgan fingerprint density at radius 2 is 1.86 bits per heavy atom. The lowest BCUT2D eigenvalue weighted by Gasteiger charge is -2.34. The Hall–Kier alpha value is -1.98. The smallest absolute Gasteiger partial charge is 0.180 e. The predicted octanol–water partition coefficient (Wildman–Crippen LogP) is 2.51. The molecular weight excluding hydrogens is 294 g/mol. The molecule has 5 heteroatoms. The van der Waals surface area contributed by atoms with Gasteiger partial charge in [-0.3, -0.25) is 4.79 Å². The van der Waals surface area contributed by atoms with E-state index in [9.17, 15) is 4.79 Å². The normalized spacial score (nSPS) is 16.5. The maximum absolute atomic E-state index is 11.5. The number of hydrogen-bond acceptors (Lipinski definition) is 5. The first kappa shape index (κ1) is 13.7. The third kappa shape index (κ3) is 2.46. The standard InChI is InChI=1S/C17H17N3OS/c1-19-6-8-20(9-7-19)12-2-4-14-16(10-12)22-17-11-13(21)3-5-15(17)18-14/h2-5,10-11H,6-9H2,1H3. The quantitative estimate of drug-likeness (QED) is 0.647. The lowest BCUT2D eigenvalue weighted by Crippen LogP contribution is -2.44. The molecule has 4 nitrogen and oxygen atoms in total. The van der Waals surface area contributed by atoms with Gasteiger partial charge in [0.25, 0.3) is 0 Å². The minimum atomic E-state index is 0.0418. The van der Waals surface area contributed by atoms with Crippen LogP contribution in [0.1, 0.15) is 0 Å². The molecule has 1 aromatic carbocycles. The number of aromatic nitrogens is 1. The summed E-state index contributed by atoms with van der Waals surface area (Å²) in [5.74, 6) is 0. The van der Waals surface area contributed by atoms with Gasteiger partial charge in [-0.2, -0.15) is 0 Å². The maximum atomic E-state index is 11.5. The molecule has 0 bridgehead atoms. The lowest BCUT2D eigenvalue weighted by atomic mass is 10.2. The molecule has 2 heterocycles. The fourth-order valence-corrected chi connectivity index (χ4v) is 3.88. The Bertz CT molecular complexity index is 852. The largest absolute Gasteiger partial charge is 0.369 e. The molecular formula is C17H17N3OS. The number of benzene rings is 2. The van der Waals surface area contributed by atoms with Crippen LogP contribution in [0.15, 0.2) is 41.2 Å². The Morgan fingerprint density at radius 3 is 2.68 bits per heavy atom. The Kier molecular flexibility index (Phi) is 3.32. The molecule has 0 spiro atoms. The van der Waals surface area contributed by atoms with Gasteiger partial charge >= 0.3 is 0 Å². The second kappa shape index (κ2) is 5.34. The summed E-state index contributed by atoms with van der Waals surface area (Å²) in [5, 5.41) is 0. The second-order valence-corrected chi connectivity index (χ2v) is 6.87. The summed E-state index contributed by atoms with van der Waals surface area (Å²) in [6, 6.07) is 11.5. The molecule has 22 heavy (non-hydrogen) atoms. The van der Waals surface area contributed by atoms with E-state index in [-0.39, 0.29) is 5.43 Å². The second-order valence-electron chi connectivity index (χ2n) is 5.79. The number of nitrogens with zero attached hydrogens (tertiary/aromatic N) is 3. The SMILES string of the molecule is CN1CCN(c2ccc3nc4ccc(=O)cc-4sc3c2)CC1. The summed E-state index contributed by atoms with van der Waals surface area (Å²) in [5.41, 5.74) is 3.18. The molecule has 0 unspecified atom stereocenters. The zero-order chi connectivity index (χ0) is 15.1. The van der Waals surface area contributed by atoms with Crippen LogP contribution < -0.4 is 10.3 Å². The molecule has 1 aliphatic carbocycles. The van der Waals surface area contributed by atoms with Crippen LogP contribution in [0.2, 0.25) is 0 Å². The summed E-state index contributed by atoms with van der Waals surface area (Å²) < 4.78 is 1.13. The molecule has 0 amide bonds. The van der Waals surface area contributed by atoms with E-state index < -0.39 is 0 Å². The number of anilines is 1. The molecule has 0 aromatic heterocycles. The van der Waals surface area contributed by atoms with Gasteiger partial charge in [-0.25, -0.2) is 4.98 Å². The van der Waals surface area contributed by atoms with Crippen molar-refractivity contribution in [3.8, 4) is 10.6 Å². The summed E-state index contributed by atoms with van der Waals surface area (Å²) in [6.45, 7) is 4.30. The molecule has 0 radical (unpaired) electrons. The third-order valence-corrected chi connectivity index (χ3v) is 5.30. The minimum absolute atomic E-state index is 0.0418. The van der Waals surface area contributed by atoms with Gasteiger partial charge in [0.2, 0.25) is 0 Å². The number of piperazine rings is 1. The summed E-state index contributed by atoms with van der Waals surface area (Å²) >= 11 is 1.64. The van der Waals surface area contributed by atoms with Crippen molar-refractivity contribution in [1.29, 1.82) is 0 Å². The molecule has 1 saturated heterocycles. The summed E-state index contributed by atoms with van der Waals surface area (Å²) in [6.07, 6.45) is 0. The summed E-state index contributed by atoms with van der Waals surface area (Å²) in [7, 11) is 2.16. The molecule has 1 fully saturated rings. The molecule has 3 aliphatic rings. The van der Waals surface area contributed by atoms with E-state index in [4.69, 9.17) is 0 Å². The van der Waals surface area contributed by atoms with Crippen molar-refractivity contribution < 1.29 is 0 Å². The highest BCUT2D eigenvalue weighted by Crippen LogP contribution is 2.32. The van der Waals surface area contributed by atoms with Crippen LogP contribution in [0.5, 0.6) is 0 Å². The van der Waals surface area contributed by atoms with Crippen LogP contribution in [0, 0.1) is 0 Å². The van der Waals surface area contributed by atoms with E-state index >= 15 is 0 Å². The highest BCUT2D eigenvalue weighted by atomic mass is 32.1. The fraction of sp³-hybridized carbons (Fsp3) is 0.294. The molecule has 0 atom stereocenters. The molecule has 0 N–H and O–H groups in total. The average Bonchev–Trinajstić information content (AvgIpc) is 2.53.